The Morgan fingerprint density at radius 3 is 2.84 bits per heavy atom. The number of amides is 2. The van der Waals surface area contributed by atoms with Crippen LogP contribution in [-0.4, -0.2) is 55.6 Å². The molecule has 0 saturated carbocycles. The number of hydrogen-bond acceptors (Lipinski definition) is 7. The summed E-state index contributed by atoms with van der Waals surface area (Å²) in [6, 6.07) is 5.32. The second kappa shape index (κ2) is 8.20. The Morgan fingerprint density at radius 2 is 2.19 bits per heavy atom. The molecule has 0 radical (unpaired) electrons. The van der Waals surface area contributed by atoms with Gasteiger partial charge in [-0.05, 0) is 19.1 Å². The van der Waals surface area contributed by atoms with Crippen LogP contribution in [0.2, 0.25) is 0 Å². The zero-order valence-corrected chi connectivity index (χ0v) is 17.2. The summed E-state index contributed by atoms with van der Waals surface area (Å²) in [5, 5.41) is 15.7. The van der Waals surface area contributed by atoms with E-state index in [1.54, 1.807) is 6.92 Å². The minimum absolute atomic E-state index is 0.0242. The number of anilines is 1. The number of aromatic nitrogens is 4. The molecule has 4 heterocycles. The van der Waals surface area contributed by atoms with Gasteiger partial charge in [-0.2, -0.15) is 14.9 Å². The van der Waals surface area contributed by atoms with Gasteiger partial charge < -0.3 is 19.5 Å². The molecule has 0 unspecified atom stereocenters. The monoisotopic (exact) mass is 439 g/mol. The molecule has 0 aliphatic carbocycles. The van der Waals surface area contributed by atoms with E-state index in [-0.39, 0.29) is 54.2 Å². The number of fused-ring (bicyclic) bond motifs is 2. The number of pyridine rings is 1. The lowest BCUT2D eigenvalue weighted by atomic mass is 10.2. The van der Waals surface area contributed by atoms with Crippen molar-refractivity contribution in [3.63, 3.8) is 0 Å². The average Bonchev–Trinajstić information content (AvgIpc) is 3.35. The molecule has 32 heavy (non-hydrogen) atoms. The number of nitrogens with zero attached hydrogens (tertiary/aromatic N) is 6. The number of carbonyl (C=O) groups excluding carboxylic acids is 2. The van der Waals surface area contributed by atoms with E-state index in [4.69, 9.17) is 4.74 Å². The number of hydrogen-bond donors (Lipinski definition) is 1. The summed E-state index contributed by atoms with van der Waals surface area (Å²) >= 11 is 0. The largest absolute Gasteiger partial charge is 0.383 e. The summed E-state index contributed by atoms with van der Waals surface area (Å²) in [4.78, 5) is 44.2. The lowest BCUT2D eigenvalue weighted by molar-refractivity contribution is -0.116. The fourth-order valence-electron chi connectivity index (χ4n) is 3.66. The minimum Gasteiger partial charge on any atom is -0.383 e. The van der Waals surface area contributed by atoms with Crippen LogP contribution in [0.3, 0.4) is 0 Å². The van der Waals surface area contributed by atoms with Crippen molar-refractivity contribution in [2.45, 2.75) is 26.1 Å². The molecule has 0 spiro atoms. The van der Waals surface area contributed by atoms with Crippen molar-refractivity contribution in [2.24, 2.45) is 0 Å². The van der Waals surface area contributed by atoms with Crippen LogP contribution in [0.1, 0.15) is 28.7 Å². The quantitative estimate of drug-likeness (QED) is 0.592. The molecule has 1 atom stereocenters. The van der Waals surface area contributed by atoms with E-state index in [9.17, 15) is 24.0 Å². The van der Waals surface area contributed by atoms with Crippen LogP contribution in [0.4, 0.5) is 10.2 Å². The van der Waals surface area contributed by atoms with Crippen molar-refractivity contribution >= 4 is 23.3 Å². The maximum absolute atomic E-state index is 13.2. The van der Waals surface area contributed by atoms with Crippen LogP contribution < -0.4 is 10.9 Å². The molecule has 1 aliphatic heterocycles. The van der Waals surface area contributed by atoms with Gasteiger partial charge in [-0.25, -0.2) is 9.37 Å². The summed E-state index contributed by atoms with van der Waals surface area (Å²) in [7, 11) is 1.51. The molecule has 0 aromatic carbocycles. The predicted molar refractivity (Wildman–Crippen MR) is 108 cm³/mol. The molecule has 3 aromatic heterocycles. The number of rotatable bonds is 6. The van der Waals surface area contributed by atoms with Crippen molar-refractivity contribution in [3.8, 4) is 6.07 Å². The Kier molecular flexibility index (Phi) is 5.41. The number of nitriles is 1. The van der Waals surface area contributed by atoms with Gasteiger partial charge in [-0.1, -0.05) is 0 Å². The summed E-state index contributed by atoms with van der Waals surface area (Å²) in [6.45, 7) is 1.71. The lowest BCUT2D eigenvalue weighted by Crippen LogP contribution is -2.37. The molecule has 4 rings (SSSR count). The van der Waals surface area contributed by atoms with E-state index in [1.165, 1.54) is 28.7 Å². The SMILES string of the molecule is COC[C@H](C)N1Cc2c(n(CC(=O)Nc3ccc(F)cn3)c3cc(C#N)nn3c2=O)C1=O. The van der Waals surface area contributed by atoms with E-state index in [0.717, 1.165) is 16.8 Å². The predicted octanol–water partition coefficient (Wildman–Crippen LogP) is 0.531. The number of methoxy groups -OCH3 is 1. The van der Waals surface area contributed by atoms with Gasteiger partial charge in [0.05, 0.1) is 31.0 Å². The fraction of sp³-hybridized carbons (Fsp3) is 0.300. The van der Waals surface area contributed by atoms with Crippen molar-refractivity contribution in [1.29, 1.82) is 5.26 Å². The Bertz CT molecular complexity index is 1320. The van der Waals surface area contributed by atoms with Gasteiger partial charge in [0.15, 0.2) is 5.69 Å². The third-order valence-corrected chi connectivity index (χ3v) is 5.12. The third kappa shape index (κ3) is 3.58. The second-order valence-corrected chi connectivity index (χ2v) is 7.28. The van der Waals surface area contributed by atoms with Crippen LogP contribution >= 0.6 is 0 Å². The number of carbonyl (C=O) groups is 2. The van der Waals surface area contributed by atoms with E-state index in [1.807, 2.05) is 6.07 Å². The second-order valence-electron chi connectivity index (χ2n) is 7.28. The molecule has 0 bridgehead atoms. The summed E-state index contributed by atoms with van der Waals surface area (Å²) in [5.74, 6) is -1.43. The molecule has 3 aromatic rings. The van der Waals surface area contributed by atoms with E-state index >= 15 is 0 Å². The lowest BCUT2D eigenvalue weighted by Gasteiger charge is -2.23. The minimum atomic E-state index is -0.562. The standard InChI is InChI=1S/C20H18FN7O4/c1-11(10-32-2)26-8-14-18(20(26)31)27(17-5-13(6-22)25-28(17)19(14)30)9-16(29)24-15-4-3-12(21)7-23-15/h3-5,7,11H,8-10H2,1-2H3,(H,23,24,29)/t11-/m0/s1. The fourth-order valence-corrected chi connectivity index (χ4v) is 3.66. The van der Waals surface area contributed by atoms with Crippen molar-refractivity contribution < 1.29 is 18.7 Å². The van der Waals surface area contributed by atoms with Crippen molar-refractivity contribution in [2.75, 3.05) is 19.0 Å². The van der Waals surface area contributed by atoms with Crippen molar-refractivity contribution in [3.05, 3.63) is 57.5 Å². The zero-order valence-electron chi connectivity index (χ0n) is 17.2. The smallest absolute Gasteiger partial charge is 0.280 e. The van der Waals surface area contributed by atoms with Crippen LogP contribution in [0.25, 0.3) is 5.65 Å². The zero-order chi connectivity index (χ0) is 23.0. The number of halogens is 1. The van der Waals surface area contributed by atoms with E-state index in [2.05, 4.69) is 15.4 Å². The molecule has 0 saturated heterocycles. The molecule has 164 valence electrons. The third-order valence-electron chi connectivity index (χ3n) is 5.12. The van der Waals surface area contributed by atoms with E-state index < -0.39 is 23.2 Å². The maximum Gasteiger partial charge on any atom is 0.280 e. The Balaban J connectivity index is 1.78. The van der Waals surface area contributed by atoms with Gasteiger partial charge >= 0.3 is 0 Å². The van der Waals surface area contributed by atoms with Crippen LogP contribution in [0, 0.1) is 17.1 Å². The first-order valence-electron chi connectivity index (χ1n) is 9.61. The van der Waals surface area contributed by atoms with Crippen LogP contribution in [0.15, 0.2) is 29.2 Å². The van der Waals surface area contributed by atoms with Gasteiger partial charge in [0.2, 0.25) is 5.91 Å². The summed E-state index contributed by atoms with van der Waals surface area (Å²) < 4.78 is 20.6. The highest BCUT2D eigenvalue weighted by Crippen LogP contribution is 2.24. The molecule has 0 fully saturated rings. The highest BCUT2D eigenvalue weighted by Gasteiger charge is 2.37. The molecule has 2 amide bonds. The summed E-state index contributed by atoms with van der Waals surface area (Å²) in [5.41, 5.74) is -0.212. The van der Waals surface area contributed by atoms with Gasteiger partial charge in [0.1, 0.15) is 35.6 Å². The van der Waals surface area contributed by atoms with Crippen LogP contribution in [-0.2, 0) is 22.6 Å². The Morgan fingerprint density at radius 1 is 1.41 bits per heavy atom. The Hall–Kier alpha value is -4.11. The normalized spacial score (nSPS) is 13.8. The molecule has 1 N–H and O–H groups in total. The van der Waals surface area contributed by atoms with Crippen molar-refractivity contribution in [1.82, 2.24) is 24.1 Å². The van der Waals surface area contributed by atoms with Gasteiger partial charge in [0, 0.05) is 13.2 Å². The highest BCUT2D eigenvalue weighted by atomic mass is 19.1. The maximum atomic E-state index is 13.2. The van der Waals surface area contributed by atoms with Gasteiger partial charge in [0.25, 0.3) is 11.5 Å². The van der Waals surface area contributed by atoms with Gasteiger partial charge in [-0.3, -0.25) is 14.4 Å². The molecular weight excluding hydrogens is 421 g/mol. The highest BCUT2D eigenvalue weighted by molar-refractivity contribution is 5.98. The first-order chi connectivity index (χ1) is 15.3. The molecule has 12 heteroatoms. The first-order valence-corrected chi connectivity index (χ1v) is 9.61. The van der Waals surface area contributed by atoms with Crippen LogP contribution in [0.5, 0.6) is 0 Å². The average molecular weight is 439 g/mol. The molecular formula is C20H18FN7O4. The number of nitrogens with one attached hydrogen (secondary N) is 1. The first kappa shape index (κ1) is 21.1. The van der Waals surface area contributed by atoms with Gasteiger partial charge in [-0.15, -0.1) is 0 Å². The molecule has 1 aliphatic rings. The molecule has 11 nitrogen and oxygen atoms in total. The summed E-state index contributed by atoms with van der Waals surface area (Å²) in [6.07, 6.45) is 0.958. The van der Waals surface area contributed by atoms with E-state index in [0.29, 0.717) is 0 Å². The number of ether oxygens (including phenoxy) is 1. The topological polar surface area (TPSA) is 135 Å². The Labute approximate surface area is 180 Å².